The number of rotatable bonds is 8. The van der Waals surface area contributed by atoms with Gasteiger partial charge in [0.2, 0.25) is 5.91 Å². The number of hydrogen-bond donors (Lipinski definition) is 2. The monoisotopic (exact) mass is 536 g/mol. The van der Waals surface area contributed by atoms with Crippen LogP contribution in [0, 0.1) is 0 Å². The number of nitrogens with zero attached hydrogens (tertiary/aromatic N) is 4. The molecule has 2 aliphatic heterocycles. The van der Waals surface area contributed by atoms with Crippen LogP contribution in [0.2, 0.25) is 0 Å². The van der Waals surface area contributed by atoms with E-state index < -0.39 is 11.7 Å². The summed E-state index contributed by atoms with van der Waals surface area (Å²) in [5.74, 6) is 0.749. The number of carbonyl (C=O) groups is 1. The first-order chi connectivity index (χ1) is 18.2. The van der Waals surface area contributed by atoms with Gasteiger partial charge in [-0.25, -0.2) is 10.1 Å². The third-order valence-electron chi connectivity index (χ3n) is 7.09. The quantitative estimate of drug-likeness (QED) is 0.496. The molecule has 0 aromatic carbocycles. The summed E-state index contributed by atoms with van der Waals surface area (Å²) in [7, 11) is 0. The molecule has 4 heterocycles. The molecule has 0 spiro atoms. The molecule has 2 unspecified atom stereocenters. The second-order valence-electron chi connectivity index (χ2n) is 10.0. The van der Waals surface area contributed by atoms with Crippen LogP contribution in [0.4, 0.5) is 24.7 Å². The molecule has 0 radical (unpaired) electrons. The molecule has 2 aromatic heterocycles. The molecule has 3 aliphatic rings. The van der Waals surface area contributed by atoms with E-state index in [0.717, 1.165) is 36.4 Å². The Labute approximate surface area is 217 Å². The van der Waals surface area contributed by atoms with Gasteiger partial charge in [-0.05, 0) is 31.7 Å². The number of alkyl halides is 3. The Kier molecular flexibility index (Phi) is 7.46. The molecule has 0 bridgehead atoms. The van der Waals surface area contributed by atoms with E-state index in [4.69, 9.17) is 9.47 Å². The minimum Gasteiger partial charge on any atom is -0.490 e. The first-order valence-electron chi connectivity index (χ1n) is 12.9. The van der Waals surface area contributed by atoms with Crippen molar-refractivity contribution in [2.24, 2.45) is 0 Å². The third kappa shape index (κ3) is 5.87. The van der Waals surface area contributed by atoms with Crippen molar-refractivity contribution in [1.82, 2.24) is 20.1 Å². The van der Waals surface area contributed by atoms with Crippen molar-refractivity contribution in [3.8, 4) is 5.75 Å². The molecule has 1 saturated carbocycles. The number of H-pyrrole nitrogens is 1. The molecular formula is C25H31F3N6O4. The Morgan fingerprint density at radius 1 is 1.29 bits per heavy atom. The van der Waals surface area contributed by atoms with Crippen LogP contribution in [-0.4, -0.2) is 77.5 Å². The second-order valence-corrected chi connectivity index (χ2v) is 10.0. The maximum absolute atomic E-state index is 13.1. The lowest BCUT2D eigenvalue weighted by Gasteiger charge is -2.41. The van der Waals surface area contributed by atoms with Gasteiger partial charge in [0.1, 0.15) is 0 Å². The van der Waals surface area contributed by atoms with E-state index in [1.165, 1.54) is 0 Å². The van der Waals surface area contributed by atoms with Crippen LogP contribution in [0.5, 0.6) is 5.75 Å². The predicted octanol–water partition coefficient (Wildman–Crippen LogP) is 2.77. The van der Waals surface area contributed by atoms with Gasteiger partial charge < -0.3 is 24.6 Å². The number of pyridine rings is 1. The summed E-state index contributed by atoms with van der Waals surface area (Å²) < 4.78 is 50.6. The van der Waals surface area contributed by atoms with Crippen molar-refractivity contribution in [2.75, 3.05) is 49.7 Å². The van der Waals surface area contributed by atoms with Gasteiger partial charge in [-0.15, -0.1) is 0 Å². The van der Waals surface area contributed by atoms with Gasteiger partial charge in [-0.2, -0.15) is 18.3 Å². The zero-order valence-corrected chi connectivity index (χ0v) is 21.1. The molecule has 13 heteroatoms. The maximum atomic E-state index is 13.1. The topological polar surface area (TPSA) is 113 Å². The van der Waals surface area contributed by atoms with Crippen molar-refractivity contribution in [2.45, 2.75) is 56.8 Å². The van der Waals surface area contributed by atoms with E-state index in [-0.39, 0.29) is 54.9 Å². The zero-order valence-electron chi connectivity index (χ0n) is 21.1. The van der Waals surface area contributed by atoms with Gasteiger partial charge in [0.25, 0.3) is 5.56 Å². The fraction of sp³-hybridized carbons (Fsp3) is 0.600. The number of fused-ring (bicyclic) bond motifs is 3. The van der Waals surface area contributed by atoms with Gasteiger partial charge in [0.05, 0.1) is 49.7 Å². The number of aromatic nitrogens is 3. The predicted molar refractivity (Wildman–Crippen MR) is 132 cm³/mol. The zero-order chi connectivity index (χ0) is 26.9. The normalized spacial score (nSPS) is 20.2. The average Bonchev–Trinajstić information content (AvgIpc) is 3.72. The molecule has 2 atom stereocenters. The Bertz CT molecular complexity index is 1220. The van der Waals surface area contributed by atoms with Crippen molar-refractivity contribution in [1.29, 1.82) is 0 Å². The molecule has 5 rings (SSSR count). The summed E-state index contributed by atoms with van der Waals surface area (Å²) in [4.78, 5) is 32.7. The molecule has 38 heavy (non-hydrogen) atoms. The third-order valence-corrected chi connectivity index (χ3v) is 7.09. The van der Waals surface area contributed by atoms with E-state index in [0.29, 0.717) is 38.5 Å². The summed E-state index contributed by atoms with van der Waals surface area (Å²) >= 11 is 0. The number of nitrogens with one attached hydrogen (secondary N) is 2. The Hall–Kier alpha value is -3.35. The van der Waals surface area contributed by atoms with Crippen LogP contribution in [0.1, 0.15) is 49.7 Å². The van der Waals surface area contributed by atoms with Gasteiger partial charge >= 0.3 is 6.18 Å². The fourth-order valence-electron chi connectivity index (χ4n) is 5.01. The highest BCUT2D eigenvalue weighted by atomic mass is 19.4. The standard InChI is InChI=1S/C25H31F3N6O4/c1-15(31-19-12-30-32-24(36)22(19)16-2-3-16)14-37-8-5-21(35)33-6-7-34-18(13-33)4-9-38-20-10-17(25(26,27)28)11-29-23(20)34/h10-12,15-16,18H,2-9,13-14H2,1H3,(H2,31,32,36). The number of halogens is 3. The minimum atomic E-state index is -4.49. The highest BCUT2D eigenvalue weighted by Gasteiger charge is 2.37. The van der Waals surface area contributed by atoms with Gasteiger partial charge in [-0.3, -0.25) is 9.59 Å². The molecule has 2 aromatic rings. The largest absolute Gasteiger partial charge is 0.490 e. The number of carbonyl (C=O) groups excluding carboxylic acids is 1. The van der Waals surface area contributed by atoms with E-state index >= 15 is 0 Å². The van der Waals surface area contributed by atoms with Crippen LogP contribution >= 0.6 is 0 Å². The van der Waals surface area contributed by atoms with Gasteiger partial charge in [0.15, 0.2) is 11.6 Å². The summed E-state index contributed by atoms with van der Waals surface area (Å²) in [6.45, 7) is 4.15. The number of ether oxygens (including phenoxy) is 2. The SMILES string of the molecule is CC(COCCC(=O)N1CCN2c3ncc(C(F)(F)F)cc3OCCC2C1)Nc1cn[nH]c(=O)c1C1CC1. The van der Waals surface area contributed by atoms with Gasteiger partial charge in [0, 0.05) is 43.9 Å². The molecule has 1 amide bonds. The fourth-order valence-corrected chi connectivity index (χ4v) is 5.01. The first kappa shape index (κ1) is 26.3. The molecular weight excluding hydrogens is 505 g/mol. The summed E-state index contributed by atoms with van der Waals surface area (Å²) in [5, 5.41) is 9.67. The summed E-state index contributed by atoms with van der Waals surface area (Å²) in [6, 6.07) is 0.826. The molecule has 2 fully saturated rings. The van der Waals surface area contributed by atoms with Gasteiger partial charge in [-0.1, -0.05) is 0 Å². The second kappa shape index (κ2) is 10.8. The number of anilines is 2. The van der Waals surface area contributed by atoms with E-state index in [1.54, 1.807) is 11.1 Å². The highest BCUT2D eigenvalue weighted by Crippen LogP contribution is 2.41. The van der Waals surface area contributed by atoms with E-state index in [1.807, 2.05) is 11.8 Å². The molecule has 2 N–H and O–H groups in total. The van der Waals surface area contributed by atoms with Crippen molar-refractivity contribution in [3.63, 3.8) is 0 Å². The average molecular weight is 537 g/mol. The van der Waals surface area contributed by atoms with E-state index in [2.05, 4.69) is 20.5 Å². The molecule has 1 saturated heterocycles. The highest BCUT2D eigenvalue weighted by molar-refractivity contribution is 5.76. The van der Waals surface area contributed by atoms with Crippen LogP contribution in [0.25, 0.3) is 0 Å². The summed E-state index contributed by atoms with van der Waals surface area (Å²) in [5.41, 5.74) is 0.454. The number of aromatic amines is 1. The lowest BCUT2D eigenvalue weighted by atomic mass is 10.1. The lowest BCUT2D eigenvalue weighted by Crippen LogP contribution is -2.55. The Morgan fingerprint density at radius 3 is 2.87 bits per heavy atom. The summed E-state index contributed by atoms with van der Waals surface area (Å²) in [6.07, 6.45) is 0.749. The smallest absolute Gasteiger partial charge is 0.418 e. The van der Waals surface area contributed by atoms with Crippen LogP contribution in [0.3, 0.4) is 0 Å². The maximum Gasteiger partial charge on any atom is 0.418 e. The molecule has 10 nitrogen and oxygen atoms in total. The van der Waals surface area contributed by atoms with E-state index in [9.17, 15) is 22.8 Å². The first-order valence-corrected chi connectivity index (χ1v) is 12.9. The minimum absolute atomic E-state index is 0.0363. The molecule has 206 valence electrons. The molecule has 1 aliphatic carbocycles. The van der Waals surface area contributed by atoms with Crippen LogP contribution in [-0.2, 0) is 15.7 Å². The Balaban J connectivity index is 1.09. The van der Waals surface area contributed by atoms with Crippen molar-refractivity contribution < 1.29 is 27.4 Å². The number of hydrogen-bond acceptors (Lipinski definition) is 8. The number of amides is 1. The van der Waals surface area contributed by atoms with Crippen LogP contribution in [0.15, 0.2) is 23.3 Å². The van der Waals surface area contributed by atoms with Crippen LogP contribution < -0.4 is 20.5 Å². The lowest BCUT2D eigenvalue weighted by molar-refractivity contribution is -0.138. The van der Waals surface area contributed by atoms with Crippen molar-refractivity contribution >= 4 is 17.4 Å². The number of piperazine rings is 1. The Morgan fingerprint density at radius 2 is 2.11 bits per heavy atom. The van der Waals surface area contributed by atoms with Crippen molar-refractivity contribution in [3.05, 3.63) is 39.9 Å².